The standard InChI is InChI=1S/C14H26N2O2S/c1-4-14(5-2,12(15)19)13(17)16(3)8-9-18-10-11-6-7-11/h11H,4-10H2,1-3H3,(H2,15,19). The van der Waals surface area contributed by atoms with Crippen molar-refractivity contribution >= 4 is 23.1 Å². The molecule has 0 saturated heterocycles. The molecule has 0 heterocycles. The Hall–Kier alpha value is -0.680. The van der Waals surface area contributed by atoms with Crippen LogP contribution >= 0.6 is 12.2 Å². The van der Waals surface area contributed by atoms with E-state index in [0.29, 0.717) is 31.0 Å². The normalized spacial score (nSPS) is 15.3. The SMILES string of the molecule is CCC(CC)(C(=O)N(C)CCOCC1CC1)C(N)=S. The fourth-order valence-electron chi connectivity index (χ4n) is 2.21. The van der Waals surface area contributed by atoms with Crippen LogP contribution in [0.3, 0.4) is 0 Å². The van der Waals surface area contributed by atoms with Gasteiger partial charge in [-0.25, -0.2) is 0 Å². The molecular formula is C14H26N2O2S. The Morgan fingerprint density at radius 3 is 2.42 bits per heavy atom. The fraction of sp³-hybridized carbons (Fsp3) is 0.857. The molecule has 1 rings (SSSR count). The lowest BCUT2D eigenvalue weighted by Crippen LogP contribution is -2.49. The predicted octanol–water partition coefficient (Wildman–Crippen LogP) is 1.96. The summed E-state index contributed by atoms with van der Waals surface area (Å²) in [6.07, 6.45) is 3.85. The first-order chi connectivity index (χ1) is 8.97. The number of hydrogen-bond donors (Lipinski definition) is 1. The van der Waals surface area contributed by atoms with Crippen LogP contribution in [-0.2, 0) is 9.53 Å². The highest BCUT2D eigenvalue weighted by Crippen LogP contribution is 2.30. The summed E-state index contributed by atoms with van der Waals surface area (Å²) in [5.74, 6) is 0.767. The molecule has 5 heteroatoms. The first kappa shape index (κ1) is 16.4. The number of rotatable bonds is 9. The molecule has 0 unspecified atom stereocenters. The average Bonchev–Trinajstić information content (AvgIpc) is 3.20. The highest BCUT2D eigenvalue weighted by molar-refractivity contribution is 7.80. The van der Waals surface area contributed by atoms with E-state index in [4.69, 9.17) is 22.7 Å². The molecule has 0 aliphatic heterocycles. The quantitative estimate of drug-likeness (QED) is 0.520. The number of hydrogen-bond acceptors (Lipinski definition) is 3. The lowest BCUT2D eigenvalue weighted by Gasteiger charge is -2.33. The van der Waals surface area contributed by atoms with Crippen molar-refractivity contribution in [2.45, 2.75) is 39.5 Å². The van der Waals surface area contributed by atoms with Crippen LogP contribution in [0.2, 0.25) is 0 Å². The molecule has 0 aromatic carbocycles. The summed E-state index contributed by atoms with van der Waals surface area (Å²) in [7, 11) is 1.79. The Kier molecular flexibility index (Phi) is 6.20. The molecule has 4 nitrogen and oxygen atoms in total. The molecule has 1 aliphatic rings. The third-order valence-corrected chi connectivity index (χ3v) is 4.45. The summed E-state index contributed by atoms with van der Waals surface area (Å²) in [5.41, 5.74) is 5.09. The van der Waals surface area contributed by atoms with Gasteiger partial charge in [0.25, 0.3) is 0 Å². The van der Waals surface area contributed by atoms with Gasteiger partial charge in [-0.15, -0.1) is 0 Å². The summed E-state index contributed by atoms with van der Waals surface area (Å²) in [4.78, 5) is 14.5. The van der Waals surface area contributed by atoms with Gasteiger partial charge in [0.05, 0.1) is 17.0 Å². The van der Waals surface area contributed by atoms with Crippen LogP contribution in [0.5, 0.6) is 0 Å². The Morgan fingerprint density at radius 1 is 1.42 bits per heavy atom. The van der Waals surface area contributed by atoms with E-state index in [2.05, 4.69) is 0 Å². The van der Waals surface area contributed by atoms with Gasteiger partial charge in [0.15, 0.2) is 0 Å². The van der Waals surface area contributed by atoms with Crippen molar-refractivity contribution in [2.75, 3.05) is 26.8 Å². The van der Waals surface area contributed by atoms with Crippen LogP contribution < -0.4 is 5.73 Å². The number of carbonyl (C=O) groups is 1. The molecule has 1 fully saturated rings. The summed E-state index contributed by atoms with van der Waals surface area (Å²) in [6, 6.07) is 0. The summed E-state index contributed by atoms with van der Waals surface area (Å²) >= 11 is 5.10. The molecule has 0 aromatic rings. The third-order valence-electron chi connectivity index (χ3n) is 4.06. The van der Waals surface area contributed by atoms with E-state index >= 15 is 0 Å². The molecule has 2 N–H and O–H groups in total. The van der Waals surface area contributed by atoms with Crippen molar-refractivity contribution in [1.29, 1.82) is 0 Å². The van der Waals surface area contributed by atoms with Crippen molar-refractivity contribution in [3.8, 4) is 0 Å². The van der Waals surface area contributed by atoms with Crippen LogP contribution in [0.1, 0.15) is 39.5 Å². The van der Waals surface area contributed by atoms with E-state index in [0.717, 1.165) is 12.5 Å². The minimum Gasteiger partial charge on any atom is -0.392 e. The largest absolute Gasteiger partial charge is 0.392 e. The minimum atomic E-state index is -0.694. The first-order valence-electron chi connectivity index (χ1n) is 7.11. The third kappa shape index (κ3) is 4.14. The molecule has 1 amide bonds. The highest BCUT2D eigenvalue weighted by atomic mass is 32.1. The topological polar surface area (TPSA) is 55.6 Å². The Bertz CT molecular complexity index is 325. The number of ether oxygens (including phenoxy) is 1. The fourth-order valence-corrected chi connectivity index (χ4v) is 2.59. The van der Waals surface area contributed by atoms with Crippen LogP contribution in [0.25, 0.3) is 0 Å². The van der Waals surface area contributed by atoms with Gasteiger partial charge in [-0.1, -0.05) is 26.1 Å². The summed E-state index contributed by atoms with van der Waals surface area (Å²) in [5, 5.41) is 0. The molecule has 0 bridgehead atoms. The van der Waals surface area contributed by atoms with Crippen molar-refractivity contribution in [2.24, 2.45) is 17.1 Å². The van der Waals surface area contributed by atoms with Crippen molar-refractivity contribution < 1.29 is 9.53 Å². The Balaban J connectivity index is 2.45. The molecule has 110 valence electrons. The second-order valence-electron chi connectivity index (χ2n) is 5.40. The van der Waals surface area contributed by atoms with Crippen LogP contribution in [0.15, 0.2) is 0 Å². The van der Waals surface area contributed by atoms with E-state index in [1.807, 2.05) is 13.8 Å². The maximum atomic E-state index is 12.5. The lowest BCUT2D eigenvalue weighted by atomic mass is 9.81. The average molecular weight is 286 g/mol. The van der Waals surface area contributed by atoms with Gasteiger partial charge >= 0.3 is 0 Å². The van der Waals surface area contributed by atoms with Gasteiger partial charge in [-0.2, -0.15) is 0 Å². The van der Waals surface area contributed by atoms with Gasteiger partial charge in [0.1, 0.15) is 0 Å². The zero-order chi connectivity index (χ0) is 14.5. The number of nitrogens with two attached hydrogens (primary N) is 1. The number of likely N-dealkylation sites (N-methyl/N-ethyl adjacent to an activating group) is 1. The van der Waals surface area contributed by atoms with Crippen LogP contribution in [0.4, 0.5) is 0 Å². The van der Waals surface area contributed by atoms with Crippen molar-refractivity contribution in [1.82, 2.24) is 4.90 Å². The Labute approximate surface area is 121 Å². The molecule has 0 spiro atoms. The van der Waals surface area contributed by atoms with E-state index in [-0.39, 0.29) is 5.91 Å². The van der Waals surface area contributed by atoms with Crippen LogP contribution in [-0.4, -0.2) is 42.6 Å². The minimum absolute atomic E-state index is 0.0139. The van der Waals surface area contributed by atoms with Crippen molar-refractivity contribution in [3.63, 3.8) is 0 Å². The summed E-state index contributed by atoms with van der Waals surface area (Å²) < 4.78 is 5.56. The molecule has 0 aromatic heterocycles. The lowest BCUT2D eigenvalue weighted by molar-refractivity contribution is -0.138. The monoisotopic (exact) mass is 286 g/mol. The molecule has 1 aliphatic carbocycles. The number of thiocarbonyl (C=S) groups is 1. The number of amides is 1. The number of nitrogens with zero attached hydrogens (tertiary/aromatic N) is 1. The van der Waals surface area contributed by atoms with Gasteiger partial charge in [0, 0.05) is 20.2 Å². The van der Waals surface area contributed by atoms with E-state index < -0.39 is 5.41 Å². The Morgan fingerprint density at radius 2 is 2.00 bits per heavy atom. The second-order valence-corrected chi connectivity index (χ2v) is 5.84. The van der Waals surface area contributed by atoms with Gasteiger partial charge in [0.2, 0.25) is 5.91 Å². The smallest absolute Gasteiger partial charge is 0.235 e. The molecule has 19 heavy (non-hydrogen) atoms. The molecule has 1 saturated carbocycles. The van der Waals surface area contributed by atoms with Gasteiger partial charge < -0.3 is 15.4 Å². The maximum Gasteiger partial charge on any atom is 0.235 e. The molecular weight excluding hydrogens is 260 g/mol. The molecule has 0 atom stereocenters. The van der Waals surface area contributed by atoms with E-state index in [9.17, 15) is 4.79 Å². The highest BCUT2D eigenvalue weighted by Gasteiger charge is 2.39. The van der Waals surface area contributed by atoms with Gasteiger partial charge in [-0.3, -0.25) is 4.79 Å². The van der Waals surface area contributed by atoms with Crippen molar-refractivity contribution in [3.05, 3.63) is 0 Å². The first-order valence-corrected chi connectivity index (χ1v) is 7.52. The zero-order valence-corrected chi connectivity index (χ0v) is 13.1. The summed E-state index contributed by atoms with van der Waals surface area (Å²) in [6.45, 7) is 5.91. The van der Waals surface area contributed by atoms with E-state index in [1.54, 1.807) is 11.9 Å². The zero-order valence-electron chi connectivity index (χ0n) is 12.3. The van der Waals surface area contributed by atoms with Crippen LogP contribution in [0, 0.1) is 11.3 Å². The predicted molar refractivity (Wildman–Crippen MR) is 81.0 cm³/mol. The van der Waals surface area contributed by atoms with Gasteiger partial charge in [-0.05, 0) is 31.6 Å². The maximum absolute atomic E-state index is 12.5. The number of carbonyl (C=O) groups excluding carboxylic acids is 1. The molecule has 0 radical (unpaired) electrons. The second kappa shape index (κ2) is 7.20. The van der Waals surface area contributed by atoms with E-state index in [1.165, 1.54) is 12.8 Å².